The number of nitrogen functional groups attached to an aromatic ring is 1. The lowest BCUT2D eigenvalue weighted by atomic mass is 10.2. The highest BCUT2D eigenvalue weighted by atomic mass is 79.9. The molecule has 1 atom stereocenters. The number of benzene rings is 1. The molecule has 0 spiro atoms. The lowest BCUT2D eigenvalue weighted by molar-refractivity contribution is 0.228. The van der Waals surface area contributed by atoms with Crippen molar-refractivity contribution < 1.29 is 4.39 Å². The number of likely N-dealkylation sites (N-methyl/N-ethyl adjacent to an activating group) is 1. The van der Waals surface area contributed by atoms with Crippen LogP contribution in [0, 0.1) is 5.82 Å². The van der Waals surface area contributed by atoms with Crippen molar-refractivity contribution in [1.29, 1.82) is 0 Å². The van der Waals surface area contributed by atoms with Crippen LogP contribution < -0.4 is 5.73 Å². The van der Waals surface area contributed by atoms with Crippen LogP contribution in [0.15, 0.2) is 16.6 Å². The number of hydrogen-bond donors (Lipinski definition) is 1. The Hall–Kier alpha value is -1.14. The standard InChI is InChI=1S/C14H18BrFN4/c1-8(19(2)9-3-4-9)7-20-13-6-11(16)10(15)5-12(13)18-14(20)17/h5-6,8-9H,3-4,7H2,1-2H3,(H2,17,18). The molecule has 1 unspecified atom stereocenters. The van der Waals surface area contributed by atoms with Gasteiger partial charge in [0.2, 0.25) is 5.95 Å². The number of nitrogens with zero attached hydrogens (tertiary/aromatic N) is 3. The second kappa shape index (κ2) is 5.00. The Morgan fingerprint density at radius 1 is 1.55 bits per heavy atom. The summed E-state index contributed by atoms with van der Waals surface area (Å²) in [5.41, 5.74) is 7.46. The summed E-state index contributed by atoms with van der Waals surface area (Å²) in [4.78, 5) is 6.68. The molecule has 1 aromatic carbocycles. The molecule has 1 aromatic heterocycles. The molecule has 4 nitrogen and oxygen atoms in total. The number of nitrogens with two attached hydrogens (primary N) is 1. The number of fused-ring (bicyclic) bond motifs is 1. The summed E-state index contributed by atoms with van der Waals surface area (Å²) in [6.45, 7) is 2.88. The number of rotatable bonds is 4. The van der Waals surface area contributed by atoms with Gasteiger partial charge in [-0.15, -0.1) is 0 Å². The SMILES string of the molecule is CC(Cn1c(N)nc2cc(Br)c(F)cc21)N(C)C1CC1. The summed E-state index contributed by atoms with van der Waals surface area (Å²) in [6.07, 6.45) is 2.53. The zero-order valence-electron chi connectivity index (χ0n) is 11.6. The Balaban J connectivity index is 1.93. The topological polar surface area (TPSA) is 47.1 Å². The quantitative estimate of drug-likeness (QED) is 0.930. The van der Waals surface area contributed by atoms with Crippen LogP contribution in [-0.2, 0) is 6.54 Å². The fraction of sp³-hybridized carbons (Fsp3) is 0.500. The Bertz CT molecular complexity index is 650. The van der Waals surface area contributed by atoms with Gasteiger partial charge in [0.05, 0.1) is 15.5 Å². The third-order valence-corrected chi connectivity index (χ3v) is 4.69. The van der Waals surface area contributed by atoms with E-state index < -0.39 is 0 Å². The maximum Gasteiger partial charge on any atom is 0.201 e. The van der Waals surface area contributed by atoms with Crippen molar-refractivity contribution in [3.8, 4) is 0 Å². The van der Waals surface area contributed by atoms with Gasteiger partial charge in [0, 0.05) is 24.7 Å². The summed E-state index contributed by atoms with van der Waals surface area (Å²) in [6, 6.07) is 4.19. The summed E-state index contributed by atoms with van der Waals surface area (Å²) in [5, 5.41) is 0. The van der Waals surface area contributed by atoms with Crippen LogP contribution in [0.4, 0.5) is 10.3 Å². The average molecular weight is 341 g/mol. The first kappa shape index (κ1) is 13.8. The highest BCUT2D eigenvalue weighted by Crippen LogP contribution is 2.29. The Kier molecular flexibility index (Phi) is 3.46. The number of hydrogen-bond acceptors (Lipinski definition) is 3. The maximum atomic E-state index is 13.7. The number of aromatic nitrogens is 2. The summed E-state index contributed by atoms with van der Waals surface area (Å²) < 4.78 is 16.0. The molecule has 1 aliphatic carbocycles. The van der Waals surface area contributed by atoms with Gasteiger partial charge in [-0.3, -0.25) is 4.90 Å². The molecule has 0 radical (unpaired) electrons. The lowest BCUT2D eigenvalue weighted by Gasteiger charge is -2.25. The van der Waals surface area contributed by atoms with E-state index in [1.54, 1.807) is 6.07 Å². The number of anilines is 1. The van der Waals surface area contributed by atoms with E-state index in [2.05, 4.69) is 39.8 Å². The smallest absolute Gasteiger partial charge is 0.201 e. The third-order valence-electron chi connectivity index (χ3n) is 4.08. The van der Waals surface area contributed by atoms with Crippen LogP contribution in [0.5, 0.6) is 0 Å². The van der Waals surface area contributed by atoms with Gasteiger partial charge in [-0.05, 0) is 48.8 Å². The first-order valence-corrected chi connectivity index (χ1v) is 7.59. The zero-order chi connectivity index (χ0) is 14.4. The average Bonchev–Trinajstić information content (AvgIpc) is 3.19. The Labute approximate surface area is 125 Å². The van der Waals surface area contributed by atoms with Crippen molar-refractivity contribution >= 4 is 32.9 Å². The van der Waals surface area contributed by atoms with Crippen LogP contribution in [-0.4, -0.2) is 33.6 Å². The fourth-order valence-electron chi connectivity index (χ4n) is 2.57. The van der Waals surface area contributed by atoms with Crippen molar-refractivity contribution in [2.24, 2.45) is 0 Å². The molecule has 0 aliphatic heterocycles. The van der Waals surface area contributed by atoms with Crippen molar-refractivity contribution in [3.05, 3.63) is 22.4 Å². The van der Waals surface area contributed by atoms with Crippen LogP contribution in [0.25, 0.3) is 11.0 Å². The molecule has 0 saturated heterocycles. The van der Waals surface area contributed by atoms with Gasteiger partial charge in [-0.1, -0.05) is 0 Å². The van der Waals surface area contributed by atoms with Gasteiger partial charge in [0.15, 0.2) is 0 Å². The van der Waals surface area contributed by atoms with E-state index in [4.69, 9.17) is 5.73 Å². The van der Waals surface area contributed by atoms with Gasteiger partial charge in [-0.2, -0.15) is 0 Å². The molecular formula is C14H18BrFN4. The van der Waals surface area contributed by atoms with E-state index in [0.29, 0.717) is 22.5 Å². The third kappa shape index (κ3) is 2.42. The number of halogens is 2. The largest absolute Gasteiger partial charge is 0.369 e. The fourth-order valence-corrected chi connectivity index (χ4v) is 2.90. The molecule has 6 heteroatoms. The van der Waals surface area contributed by atoms with Gasteiger partial charge in [0.1, 0.15) is 5.82 Å². The molecule has 1 aliphatic rings. The maximum absolute atomic E-state index is 13.7. The lowest BCUT2D eigenvalue weighted by Crippen LogP contribution is -2.34. The number of imidazole rings is 1. The molecule has 20 heavy (non-hydrogen) atoms. The minimum absolute atomic E-state index is 0.290. The molecule has 108 valence electrons. The molecule has 1 fully saturated rings. The first-order valence-electron chi connectivity index (χ1n) is 6.80. The van der Waals surface area contributed by atoms with E-state index in [0.717, 1.165) is 17.6 Å². The van der Waals surface area contributed by atoms with Crippen molar-refractivity contribution in [3.63, 3.8) is 0 Å². The second-order valence-corrected chi connectivity index (χ2v) is 6.44. The van der Waals surface area contributed by atoms with E-state index in [1.165, 1.54) is 18.9 Å². The van der Waals surface area contributed by atoms with Crippen LogP contribution in [0.2, 0.25) is 0 Å². The van der Waals surface area contributed by atoms with Gasteiger partial charge in [0.25, 0.3) is 0 Å². The minimum atomic E-state index is -0.290. The highest BCUT2D eigenvalue weighted by Gasteiger charge is 2.29. The normalized spacial score (nSPS) is 17.1. The van der Waals surface area contributed by atoms with Gasteiger partial charge >= 0.3 is 0 Å². The van der Waals surface area contributed by atoms with Gasteiger partial charge in [-0.25, -0.2) is 9.37 Å². The molecule has 2 N–H and O–H groups in total. The van der Waals surface area contributed by atoms with E-state index in [-0.39, 0.29) is 5.82 Å². The Morgan fingerprint density at radius 3 is 2.90 bits per heavy atom. The molecule has 1 saturated carbocycles. The van der Waals surface area contributed by atoms with E-state index in [1.807, 2.05) is 4.57 Å². The molecule has 0 amide bonds. The second-order valence-electron chi connectivity index (χ2n) is 5.58. The summed E-state index contributed by atoms with van der Waals surface area (Å²) in [5.74, 6) is 0.149. The predicted molar refractivity (Wildman–Crippen MR) is 82.1 cm³/mol. The molecule has 0 bridgehead atoms. The molecular weight excluding hydrogens is 323 g/mol. The van der Waals surface area contributed by atoms with Crippen molar-refractivity contribution in [2.75, 3.05) is 12.8 Å². The van der Waals surface area contributed by atoms with Crippen LogP contribution in [0.3, 0.4) is 0 Å². The summed E-state index contributed by atoms with van der Waals surface area (Å²) >= 11 is 3.18. The zero-order valence-corrected chi connectivity index (χ0v) is 13.2. The van der Waals surface area contributed by atoms with E-state index >= 15 is 0 Å². The van der Waals surface area contributed by atoms with Crippen LogP contribution >= 0.6 is 15.9 Å². The Morgan fingerprint density at radius 2 is 2.25 bits per heavy atom. The first-order chi connectivity index (χ1) is 9.47. The monoisotopic (exact) mass is 340 g/mol. The highest BCUT2D eigenvalue weighted by molar-refractivity contribution is 9.10. The summed E-state index contributed by atoms with van der Waals surface area (Å²) in [7, 11) is 2.13. The molecule has 3 rings (SSSR count). The molecule has 2 aromatic rings. The minimum Gasteiger partial charge on any atom is -0.369 e. The predicted octanol–water partition coefficient (Wildman–Crippen LogP) is 3.00. The van der Waals surface area contributed by atoms with Crippen molar-refractivity contribution in [1.82, 2.24) is 14.5 Å². The van der Waals surface area contributed by atoms with E-state index in [9.17, 15) is 4.39 Å². The van der Waals surface area contributed by atoms with Crippen molar-refractivity contribution in [2.45, 2.75) is 38.4 Å². The molecule has 1 heterocycles. The van der Waals surface area contributed by atoms with Crippen LogP contribution in [0.1, 0.15) is 19.8 Å². The van der Waals surface area contributed by atoms with Gasteiger partial charge < -0.3 is 10.3 Å².